The first-order valence-electron chi connectivity index (χ1n) is 8.43. The summed E-state index contributed by atoms with van der Waals surface area (Å²) in [4.78, 5) is 14.4. The van der Waals surface area contributed by atoms with E-state index in [0.29, 0.717) is 43.6 Å². The normalized spacial score (nSPS) is 17.3. The molecule has 1 saturated heterocycles. The van der Waals surface area contributed by atoms with Crippen LogP contribution in [0.3, 0.4) is 0 Å². The summed E-state index contributed by atoms with van der Waals surface area (Å²) in [6.07, 6.45) is 0.176. The van der Waals surface area contributed by atoms with Crippen LogP contribution in [0.25, 0.3) is 0 Å². The first kappa shape index (κ1) is 18.6. The Morgan fingerprint density at radius 1 is 1.38 bits per heavy atom. The number of amides is 1. The molecule has 1 aliphatic rings. The zero-order valence-electron chi connectivity index (χ0n) is 14.5. The molecular weight excluding hydrogens is 361 g/mol. The smallest absolute Gasteiger partial charge is 0.289 e. The number of benzene rings is 1. The van der Waals surface area contributed by atoms with Gasteiger partial charge >= 0.3 is 0 Å². The quantitative estimate of drug-likeness (QED) is 0.828. The lowest BCUT2D eigenvalue weighted by Gasteiger charge is -2.32. The van der Waals surface area contributed by atoms with Crippen molar-refractivity contribution < 1.29 is 13.9 Å². The number of nitrogens with one attached hydrogen (secondary N) is 1. The minimum Gasteiger partial charge on any atom is -0.374 e. The fourth-order valence-electron chi connectivity index (χ4n) is 2.86. The van der Waals surface area contributed by atoms with Gasteiger partial charge in [0.05, 0.1) is 19.4 Å². The molecule has 0 saturated carbocycles. The summed E-state index contributed by atoms with van der Waals surface area (Å²) >= 11 is 5.85. The Bertz CT molecular complexity index is 750. The predicted molar refractivity (Wildman–Crippen MR) is 96.2 cm³/mol. The Morgan fingerprint density at radius 2 is 2.15 bits per heavy atom. The number of ether oxygens (including phenoxy) is 1. The molecule has 2 aromatic rings. The second kappa shape index (κ2) is 8.46. The zero-order valence-corrected chi connectivity index (χ0v) is 15.2. The molecule has 1 aromatic carbocycles. The van der Waals surface area contributed by atoms with E-state index < -0.39 is 6.67 Å². The van der Waals surface area contributed by atoms with E-state index in [2.05, 4.69) is 15.5 Å². The second-order valence-corrected chi connectivity index (χ2v) is 6.54. The largest absolute Gasteiger partial charge is 0.374 e. The van der Waals surface area contributed by atoms with Crippen LogP contribution in [-0.2, 0) is 18.3 Å². The minimum absolute atomic E-state index is 0.173. The van der Waals surface area contributed by atoms with Gasteiger partial charge in [-0.1, -0.05) is 23.7 Å². The van der Waals surface area contributed by atoms with E-state index in [-0.39, 0.29) is 17.8 Å². The van der Waals surface area contributed by atoms with E-state index in [1.54, 1.807) is 23.7 Å². The van der Waals surface area contributed by atoms with E-state index in [0.717, 1.165) is 5.56 Å². The van der Waals surface area contributed by atoms with Gasteiger partial charge in [0.25, 0.3) is 5.91 Å². The number of carbonyl (C=O) groups is 1. The van der Waals surface area contributed by atoms with Crippen molar-refractivity contribution in [3.05, 3.63) is 40.7 Å². The maximum absolute atomic E-state index is 12.6. The number of hydrogen-bond acceptors (Lipinski definition) is 5. The van der Waals surface area contributed by atoms with Gasteiger partial charge in [-0.25, -0.2) is 0 Å². The molecule has 1 aromatic heterocycles. The first-order valence-corrected chi connectivity index (χ1v) is 8.81. The Balaban J connectivity index is 1.64. The number of morpholine rings is 1. The number of carbonyl (C=O) groups excluding carboxylic acids is 1. The molecule has 26 heavy (non-hydrogen) atoms. The van der Waals surface area contributed by atoms with Gasteiger partial charge in [0.15, 0.2) is 0 Å². The third-order valence-electron chi connectivity index (χ3n) is 4.27. The molecule has 140 valence electrons. The number of halogens is 2. The molecule has 0 spiro atoms. The Hall–Kier alpha value is -2.19. The average Bonchev–Trinajstić information content (AvgIpc) is 3.03. The SMILES string of the molecule is Cn1c(C(=O)NCc2ccc(Cl)cc2)nnc1N1CCOC(CCF)C1. The van der Waals surface area contributed by atoms with Crippen molar-refractivity contribution in [3.63, 3.8) is 0 Å². The van der Waals surface area contributed by atoms with Crippen LogP contribution in [-0.4, -0.2) is 53.1 Å². The van der Waals surface area contributed by atoms with Crippen LogP contribution in [0.2, 0.25) is 5.02 Å². The zero-order chi connectivity index (χ0) is 18.5. The van der Waals surface area contributed by atoms with Gasteiger partial charge in [-0.2, -0.15) is 0 Å². The van der Waals surface area contributed by atoms with Crippen LogP contribution in [0.4, 0.5) is 10.3 Å². The summed E-state index contributed by atoms with van der Waals surface area (Å²) in [7, 11) is 1.74. The third-order valence-corrected chi connectivity index (χ3v) is 4.53. The first-order chi connectivity index (χ1) is 12.6. The van der Waals surface area contributed by atoms with Gasteiger partial charge in [-0.05, 0) is 17.7 Å². The van der Waals surface area contributed by atoms with E-state index in [1.165, 1.54) is 0 Å². The summed E-state index contributed by atoms with van der Waals surface area (Å²) in [5, 5.41) is 11.6. The number of anilines is 1. The van der Waals surface area contributed by atoms with Crippen molar-refractivity contribution in [2.45, 2.75) is 19.1 Å². The molecule has 9 heteroatoms. The highest BCUT2D eigenvalue weighted by Gasteiger charge is 2.25. The number of nitrogens with zero attached hydrogens (tertiary/aromatic N) is 4. The van der Waals surface area contributed by atoms with Crippen molar-refractivity contribution in [2.75, 3.05) is 31.3 Å². The van der Waals surface area contributed by atoms with Crippen molar-refractivity contribution in [1.82, 2.24) is 20.1 Å². The average molecular weight is 382 g/mol. The molecular formula is C17H21ClFN5O2. The van der Waals surface area contributed by atoms with Gasteiger partial charge in [-0.15, -0.1) is 10.2 Å². The molecule has 1 fully saturated rings. The summed E-state index contributed by atoms with van der Waals surface area (Å²) in [5.41, 5.74) is 0.937. The molecule has 1 unspecified atom stereocenters. The molecule has 2 heterocycles. The number of aromatic nitrogens is 3. The van der Waals surface area contributed by atoms with Crippen molar-refractivity contribution >= 4 is 23.5 Å². The van der Waals surface area contributed by atoms with Gasteiger partial charge in [-0.3, -0.25) is 13.8 Å². The van der Waals surface area contributed by atoms with Crippen molar-refractivity contribution in [3.8, 4) is 0 Å². The maximum atomic E-state index is 12.6. The highest BCUT2D eigenvalue weighted by molar-refractivity contribution is 6.30. The van der Waals surface area contributed by atoms with Crippen molar-refractivity contribution in [1.29, 1.82) is 0 Å². The minimum atomic E-state index is -0.421. The fourth-order valence-corrected chi connectivity index (χ4v) is 2.98. The summed E-state index contributed by atoms with van der Waals surface area (Å²) in [6.45, 7) is 1.60. The monoisotopic (exact) mass is 381 g/mol. The van der Waals surface area contributed by atoms with Crippen LogP contribution < -0.4 is 10.2 Å². The highest BCUT2D eigenvalue weighted by atomic mass is 35.5. The lowest BCUT2D eigenvalue weighted by molar-refractivity contribution is 0.0305. The van der Waals surface area contributed by atoms with Crippen molar-refractivity contribution in [2.24, 2.45) is 7.05 Å². The second-order valence-electron chi connectivity index (χ2n) is 6.11. The molecule has 0 radical (unpaired) electrons. The lowest BCUT2D eigenvalue weighted by Crippen LogP contribution is -2.44. The Labute approximate surface area is 156 Å². The number of alkyl halides is 1. The summed E-state index contributed by atoms with van der Waals surface area (Å²) in [6, 6.07) is 7.25. The van der Waals surface area contributed by atoms with Gasteiger partial charge in [0.1, 0.15) is 0 Å². The van der Waals surface area contributed by atoms with Gasteiger partial charge in [0.2, 0.25) is 11.8 Å². The van der Waals surface area contributed by atoms with Crippen LogP contribution in [0.1, 0.15) is 22.6 Å². The number of hydrogen-bond donors (Lipinski definition) is 1. The Kier molecular flexibility index (Phi) is 6.05. The highest BCUT2D eigenvalue weighted by Crippen LogP contribution is 2.17. The maximum Gasteiger partial charge on any atom is 0.289 e. The van der Waals surface area contributed by atoms with E-state index in [9.17, 15) is 9.18 Å². The molecule has 7 nitrogen and oxygen atoms in total. The molecule has 0 bridgehead atoms. The van der Waals surface area contributed by atoms with E-state index >= 15 is 0 Å². The molecule has 1 atom stereocenters. The van der Waals surface area contributed by atoms with Crippen LogP contribution >= 0.6 is 11.6 Å². The van der Waals surface area contributed by atoms with E-state index in [4.69, 9.17) is 16.3 Å². The topological polar surface area (TPSA) is 72.3 Å². The number of rotatable bonds is 6. The van der Waals surface area contributed by atoms with E-state index in [1.807, 2.05) is 17.0 Å². The van der Waals surface area contributed by atoms with Crippen LogP contribution in [0.15, 0.2) is 24.3 Å². The fraction of sp³-hybridized carbons (Fsp3) is 0.471. The third kappa shape index (κ3) is 4.31. The standard InChI is InChI=1S/C17H21ClFN5O2/c1-23-15(16(25)20-10-12-2-4-13(18)5-3-12)21-22-17(23)24-8-9-26-14(11-24)6-7-19/h2-5,14H,6-11H2,1H3,(H,20,25). The van der Waals surface area contributed by atoms with Crippen LogP contribution in [0, 0.1) is 0 Å². The molecule has 1 N–H and O–H groups in total. The Morgan fingerprint density at radius 3 is 2.88 bits per heavy atom. The lowest BCUT2D eigenvalue weighted by atomic mass is 10.2. The predicted octanol–water partition coefficient (Wildman–Crippen LogP) is 1.96. The summed E-state index contributed by atoms with van der Waals surface area (Å²) < 4.78 is 19.7. The van der Waals surface area contributed by atoms with Gasteiger partial charge < -0.3 is 15.0 Å². The van der Waals surface area contributed by atoms with Crippen LogP contribution in [0.5, 0.6) is 0 Å². The van der Waals surface area contributed by atoms with Gasteiger partial charge in [0, 0.05) is 38.1 Å². The molecule has 3 rings (SSSR count). The molecule has 1 amide bonds. The molecule has 0 aliphatic carbocycles. The summed E-state index contributed by atoms with van der Waals surface area (Å²) in [5.74, 6) is 0.492. The molecule has 1 aliphatic heterocycles.